The molecule has 0 spiro atoms. The first kappa shape index (κ1) is 17.1. The maximum Gasteiger partial charge on any atom is 0.416 e. The fourth-order valence-corrected chi connectivity index (χ4v) is 3.35. The van der Waals surface area contributed by atoms with Gasteiger partial charge in [0.1, 0.15) is 0 Å². The molecule has 0 unspecified atom stereocenters. The van der Waals surface area contributed by atoms with Crippen molar-refractivity contribution in [3.05, 3.63) is 48.0 Å². The van der Waals surface area contributed by atoms with Crippen LogP contribution >= 0.6 is 0 Å². The monoisotopic (exact) mass is 366 g/mol. The normalized spacial score (nSPS) is 25.3. The molecule has 2 aliphatic heterocycles. The maximum absolute atomic E-state index is 13.2. The van der Waals surface area contributed by atoms with E-state index in [1.807, 2.05) is 0 Å². The summed E-state index contributed by atoms with van der Waals surface area (Å²) in [4.78, 5) is 1.63. The molecule has 1 fully saturated rings. The van der Waals surface area contributed by atoms with Crippen molar-refractivity contribution in [3.8, 4) is 11.5 Å². The number of nitrogens with zero attached hydrogens (tertiary/aromatic N) is 1. The van der Waals surface area contributed by atoms with Crippen LogP contribution in [0.25, 0.3) is 0 Å². The minimum absolute atomic E-state index is 0.138. The molecule has 5 nitrogen and oxygen atoms in total. The van der Waals surface area contributed by atoms with Gasteiger partial charge in [0.2, 0.25) is 0 Å². The third-order valence-electron chi connectivity index (χ3n) is 4.65. The van der Waals surface area contributed by atoms with E-state index in [2.05, 4.69) is 0 Å². The summed E-state index contributed by atoms with van der Waals surface area (Å²) in [7, 11) is 0. The van der Waals surface area contributed by atoms with E-state index in [1.165, 1.54) is 6.07 Å². The summed E-state index contributed by atoms with van der Waals surface area (Å²) in [5, 5.41) is 10.6. The molecule has 3 atom stereocenters. The summed E-state index contributed by atoms with van der Waals surface area (Å²) in [6, 6.07) is 9.00. The van der Waals surface area contributed by atoms with Crippen molar-refractivity contribution in [3.63, 3.8) is 0 Å². The average molecular weight is 366 g/mol. The van der Waals surface area contributed by atoms with Crippen molar-refractivity contribution in [2.24, 2.45) is 5.73 Å². The Morgan fingerprint density at radius 2 is 1.77 bits per heavy atom. The standard InChI is InChI=1S/C18H17F3N2O3/c19-18(20,21)10-5-6-16-13(7-10)23(12-3-1-2-4-15(12)26-16)14-9-25-8-11(22)17(14)24/h1-7,11,14,17,24H,8-9,22H2/t11-,14+,17+/m1/s1. The van der Waals surface area contributed by atoms with Gasteiger partial charge >= 0.3 is 6.18 Å². The van der Waals surface area contributed by atoms with E-state index in [0.717, 1.165) is 12.1 Å². The van der Waals surface area contributed by atoms with Gasteiger partial charge in [-0.3, -0.25) is 0 Å². The SMILES string of the molecule is N[C@@H]1COC[C@H](N2c3ccccc3Oc3ccc(C(F)(F)F)cc32)[C@H]1O. The van der Waals surface area contributed by atoms with Crippen LogP contribution < -0.4 is 15.4 Å². The van der Waals surface area contributed by atoms with Crippen LogP contribution in [0, 0.1) is 0 Å². The van der Waals surface area contributed by atoms with Crippen LogP contribution in [-0.4, -0.2) is 36.5 Å². The van der Waals surface area contributed by atoms with Gasteiger partial charge < -0.3 is 25.2 Å². The number of nitrogens with two attached hydrogens (primary N) is 1. The number of aliphatic hydroxyl groups is 1. The highest BCUT2D eigenvalue weighted by Crippen LogP contribution is 2.49. The number of halogens is 3. The Balaban J connectivity index is 1.86. The summed E-state index contributed by atoms with van der Waals surface area (Å²) in [5.41, 5.74) is 5.89. The summed E-state index contributed by atoms with van der Waals surface area (Å²) < 4.78 is 50.8. The molecule has 2 heterocycles. The highest BCUT2D eigenvalue weighted by Gasteiger charge is 2.40. The van der Waals surface area contributed by atoms with E-state index in [-0.39, 0.29) is 24.7 Å². The molecule has 0 radical (unpaired) electrons. The zero-order chi connectivity index (χ0) is 18.5. The Hall–Kier alpha value is -2.29. The van der Waals surface area contributed by atoms with Crippen LogP contribution in [-0.2, 0) is 10.9 Å². The number of alkyl halides is 3. The van der Waals surface area contributed by atoms with Crippen molar-refractivity contribution < 1.29 is 27.8 Å². The predicted octanol–water partition coefficient (Wildman–Crippen LogP) is 3.04. The predicted molar refractivity (Wildman–Crippen MR) is 88.7 cm³/mol. The molecule has 0 saturated carbocycles. The Kier molecular flexibility index (Phi) is 4.06. The second-order valence-corrected chi connectivity index (χ2v) is 6.38. The smallest absolute Gasteiger partial charge is 0.416 e. The number of para-hydroxylation sites is 2. The maximum atomic E-state index is 13.2. The number of aliphatic hydroxyl groups excluding tert-OH is 1. The Bertz CT molecular complexity index is 828. The molecule has 138 valence electrons. The lowest BCUT2D eigenvalue weighted by Crippen LogP contribution is -2.58. The minimum atomic E-state index is -4.49. The van der Waals surface area contributed by atoms with Gasteiger partial charge in [-0.15, -0.1) is 0 Å². The lowest BCUT2D eigenvalue weighted by atomic mass is 9.98. The van der Waals surface area contributed by atoms with E-state index >= 15 is 0 Å². The molecule has 2 aromatic rings. The lowest BCUT2D eigenvalue weighted by molar-refractivity contribution is -0.137. The largest absolute Gasteiger partial charge is 0.453 e. The molecule has 0 aliphatic carbocycles. The van der Waals surface area contributed by atoms with Gasteiger partial charge in [-0.05, 0) is 30.3 Å². The highest BCUT2D eigenvalue weighted by molar-refractivity contribution is 5.79. The fraction of sp³-hybridized carbons (Fsp3) is 0.333. The van der Waals surface area contributed by atoms with Crippen LogP contribution in [0.1, 0.15) is 5.56 Å². The molecular formula is C18H17F3N2O3. The van der Waals surface area contributed by atoms with Crippen LogP contribution in [0.3, 0.4) is 0 Å². The molecule has 8 heteroatoms. The second-order valence-electron chi connectivity index (χ2n) is 6.38. The number of anilines is 2. The lowest BCUT2D eigenvalue weighted by Gasteiger charge is -2.43. The first-order valence-electron chi connectivity index (χ1n) is 8.15. The van der Waals surface area contributed by atoms with Gasteiger partial charge in [0, 0.05) is 0 Å². The molecule has 0 bridgehead atoms. The van der Waals surface area contributed by atoms with E-state index in [9.17, 15) is 18.3 Å². The Morgan fingerprint density at radius 1 is 1.04 bits per heavy atom. The van der Waals surface area contributed by atoms with Crippen molar-refractivity contribution in [2.45, 2.75) is 24.4 Å². The van der Waals surface area contributed by atoms with E-state index < -0.39 is 29.9 Å². The zero-order valence-corrected chi connectivity index (χ0v) is 13.6. The van der Waals surface area contributed by atoms with Crippen LogP contribution in [0.15, 0.2) is 42.5 Å². The van der Waals surface area contributed by atoms with E-state index in [0.29, 0.717) is 11.4 Å². The highest BCUT2D eigenvalue weighted by atomic mass is 19.4. The number of hydrogen-bond acceptors (Lipinski definition) is 5. The van der Waals surface area contributed by atoms with E-state index in [4.69, 9.17) is 15.2 Å². The third kappa shape index (κ3) is 2.80. The fourth-order valence-electron chi connectivity index (χ4n) is 3.35. The molecule has 1 saturated heterocycles. The number of fused-ring (bicyclic) bond motifs is 2. The summed E-state index contributed by atoms with van der Waals surface area (Å²) >= 11 is 0. The number of ether oxygens (including phenoxy) is 2. The Labute approximate surface area is 147 Å². The van der Waals surface area contributed by atoms with Gasteiger partial charge in [0.25, 0.3) is 0 Å². The van der Waals surface area contributed by atoms with Crippen LogP contribution in [0.5, 0.6) is 11.5 Å². The third-order valence-corrected chi connectivity index (χ3v) is 4.65. The second kappa shape index (κ2) is 6.15. The number of hydrogen-bond donors (Lipinski definition) is 2. The molecule has 26 heavy (non-hydrogen) atoms. The molecule has 3 N–H and O–H groups in total. The first-order chi connectivity index (χ1) is 12.4. The molecule has 0 aromatic heterocycles. The summed E-state index contributed by atoms with van der Waals surface area (Å²) in [6.45, 7) is 0.331. The summed E-state index contributed by atoms with van der Waals surface area (Å²) in [5.74, 6) is 0.772. The quantitative estimate of drug-likeness (QED) is 0.812. The van der Waals surface area contributed by atoms with E-state index in [1.54, 1.807) is 29.2 Å². The first-order valence-corrected chi connectivity index (χ1v) is 8.15. The van der Waals surface area contributed by atoms with Gasteiger partial charge in [0.15, 0.2) is 11.5 Å². The molecule has 0 amide bonds. The molecular weight excluding hydrogens is 349 g/mol. The number of benzene rings is 2. The van der Waals surface area contributed by atoms with Crippen molar-refractivity contribution in [1.82, 2.24) is 0 Å². The topological polar surface area (TPSA) is 68.0 Å². The van der Waals surface area contributed by atoms with Crippen molar-refractivity contribution >= 4 is 11.4 Å². The van der Waals surface area contributed by atoms with Crippen molar-refractivity contribution in [2.75, 3.05) is 18.1 Å². The van der Waals surface area contributed by atoms with Gasteiger partial charge in [0.05, 0.1) is 48.3 Å². The van der Waals surface area contributed by atoms with Crippen molar-refractivity contribution in [1.29, 1.82) is 0 Å². The minimum Gasteiger partial charge on any atom is -0.453 e. The number of rotatable bonds is 1. The molecule has 2 aliphatic rings. The van der Waals surface area contributed by atoms with Gasteiger partial charge in [-0.25, -0.2) is 0 Å². The van der Waals surface area contributed by atoms with Gasteiger partial charge in [-0.2, -0.15) is 13.2 Å². The zero-order valence-electron chi connectivity index (χ0n) is 13.6. The van der Waals surface area contributed by atoms with Crippen LogP contribution in [0.4, 0.5) is 24.5 Å². The average Bonchev–Trinajstić information content (AvgIpc) is 2.61. The van der Waals surface area contributed by atoms with Gasteiger partial charge in [-0.1, -0.05) is 12.1 Å². The summed E-state index contributed by atoms with van der Waals surface area (Å²) in [6.07, 6.45) is -5.45. The Morgan fingerprint density at radius 3 is 2.54 bits per heavy atom. The van der Waals surface area contributed by atoms with Crippen LogP contribution in [0.2, 0.25) is 0 Å². The molecule has 4 rings (SSSR count). The molecule has 2 aromatic carbocycles.